The topological polar surface area (TPSA) is 54.3 Å². The molecule has 3 aromatic rings. The zero-order valence-corrected chi connectivity index (χ0v) is 15.1. The second kappa shape index (κ2) is 6.61. The summed E-state index contributed by atoms with van der Waals surface area (Å²) in [4.78, 5) is 26.2. The molecule has 4 rings (SSSR count). The van der Waals surface area contributed by atoms with E-state index in [9.17, 15) is 9.59 Å². The lowest BCUT2D eigenvalue weighted by Gasteiger charge is -2.11. The summed E-state index contributed by atoms with van der Waals surface area (Å²) in [5.74, 6) is -0.362. The van der Waals surface area contributed by atoms with E-state index in [1.54, 1.807) is 30.3 Å². The van der Waals surface area contributed by atoms with E-state index in [1.165, 1.54) is 11.1 Å². The first kappa shape index (κ1) is 16.8. The quantitative estimate of drug-likeness (QED) is 0.564. The number of urea groups is 1. The zero-order valence-electron chi connectivity index (χ0n) is 15.1. The van der Waals surface area contributed by atoms with Gasteiger partial charge < -0.3 is 9.88 Å². The van der Waals surface area contributed by atoms with E-state index in [2.05, 4.69) is 31.3 Å². The van der Waals surface area contributed by atoms with E-state index >= 15 is 0 Å². The minimum atomic E-state index is -0.443. The van der Waals surface area contributed by atoms with Gasteiger partial charge in [0.25, 0.3) is 5.91 Å². The lowest BCUT2D eigenvalue weighted by molar-refractivity contribution is -0.113. The van der Waals surface area contributed by atoms with Crippen LogP contribution in [-0.2, 0) is 4.79 Å². The molecule has 0 bridgehead atoms. The zero-order chi connectivity index (χ0) is 19.0. The Balaban J connectivity index is 1.69. The molecule has 134 valence electrons. The molecule has 0 radical (unpaired) electrons. The number of imide groups is 1. The molecule has 0 saturated carbocycles. The van der Waals surface area contributed by atoms with Crippen LogP contribution in [0, 0.1) is 13.8 Å². The number of carbonyl (C=O) groups is 2. The van der Waals surface area contributed by atoms with Crippen LogP contribution in [0.2, 0.25) is 0 Å². The number of aryl methyl sites for hydroxylation is 2. The molecule has 1 aliphatic rings. The number of rotatable bonds is 3. The maximum absolute atomic E-state index is 12.8. The highest BCUT2D eigenvalue weighted by molar-refractivity contribution is 6.28. The van der Waals surface area contributed by atoms with Crippen LogP contribution in [0.5, 0.6) is 0 Å². The first-order valence-corrected chi connectivity index (χ1v) is 8.72. The van der Waals surface area contributed by atoms with Crippen molar-refractivity contribution in [3.05, 3.63) is 89.4 Å². The summed E-state index contributed by atoms with van der Waals surface area (Å²) >= 11 is 0. The summed E-state index contributed by atoms with van der Waals surface area (Å²) in [5, 5.41) is 2.67. The van der Waals surface area contributed by atoms with Crippen molar-refractivity contribution in [3.8, 4) is 5.69 Å². The minimum Gasteiger partial charge on any atom is -0.317 e. The number of anilines is 1. The van der Waals surface area contributed by atoms with Gasteiger partial charge in [-0.05, 0) is 67.4 Å². The van der Waals surface area contributed by atoms with E-state index in [4.69, 9.17) is 0 Å². The number of nitrogens with zero attached hydrogens (tertiary/aromatic N) is 2. The molecule has 5 nitrogen and oxygen atoms in total. The second-order valence-corrected chi connectivity index (χ2v) is 6.54. The maximum atomic E-state index is 12.8. The highest BCUT2D eigenvalue weighted by Gasteiger charge is 2.34. The van der Waals surface area contributed by atoms with Crippen molar-refractivity contribution in [3.63, 3.8) is 0 Å². The van der Waals surface area contributed by atoms with E-state index < -0.39 is 6.03 Å². The van der Waals surface area contributed by atoms with Crippen LogP contribution in [0.3, 0.4) is 0 Å². The number of hydrogen-bond acceptors (Lipinski definition) is 2. The molecular weight excluding hydrogens is 338 g/mol. The van der Waals surface area contributed by atoms with Gasteiger partial charge in [-0.2, -0.15) is 0 Å². The number of amides is 3. The van der Waals surface area contributed by atoms with Gasteiger partial charge in [0.2, 0.25) is 0 Å². The summed E-state index contributed by atoms with van der Waals surface area (Å²) in [5.41, 5.74) is 5.05. The summed E-state index contributed by atoms with van der Waals surface area (Å²) < 4.78 is 1.99. The molecule has 1 N–H and O–H groups in total. The molecule has 0 aliphatic carbocycles. The fourth-order valence-electron chi connectivity index (χ4n) is 3.12. The normalized spacial score (nSPS) is 15.5. The van der Waals surface area contributed by atoms with Crippen LogP contribution in [0.1, 0.15) is 16.8 Å². The summed E-state index contributed by atoms with van der Waals surface area (Å²) in [6.45, 7) is 4.14. The SMILES string of the molecule is Cc1ccc(-n2cccc2/C=C2/NC(=O)N(c3ccccc3)C2=O)cc1C. The van der Waals surface area contributed by atoms with Gasteiger partial charge in [-0.3, -0.25) is 4.79 Å². The number of aromatic nitrogens is 1. The molecule has 3 amide bonds. The fourth-order valence-corrected chi connectivity index (χ4v) is 3.12. The van der Waals surface area contributed by atoms with Gasteiger partial charge in [-0.25, -0.2) is 9.69 Å². The average Bonchev–Trinajstić information content (AvgIpc) is 3.23. The van der Waals surface area contributed by atoms with E-state index in [0.29, 0.717) is 5.69 Å². The lowest BCUT2D eigenvalue weighted by Crippen LogP contribution is -2.30. The van der Waals surface area contributed by atoms with Crippen molar-refractivity contribution >= 4 is 23.7 Å². The molecule has 0 unspecified atom stereocenters. The third-order valence-corrected chi connectivity index (χ3v) is 4.73. The van der Waals surface area contributed by atoms with Crippen molar-refractivity contribution in [2.24, 2.45) is 0 Å². The van der Waals surface area contributed by atoms with Crippen molar-refractivity contribution in [1.29, 1.82) is 0 Å². The van der Waals surface area contributed by atoms with Gasteiger partial charge in [0.1, 0.15) is 5.70 Å². The van der Waals surface area contributed by atoms with Crippen LogP contribution >= 0.6 is 0 Å². The molecule has 0 spiro atoms. The number of benzene rings is 2. The Morgan fingerprint density at radius 1 is 0.852 bits per heavy atom. The first-order valence-electron chi connectivity index (χ1n) is 8.72. The minimum absolute atomic E-state index is 0.257. The fraction of sp³-hybridized carbons (Fsp3) is 0.0909. The van der Waals surface area contributed by atoms with Crippen molar-refractivity contribution in [1.82, 2.24) is 9.88 Å². The third-order valence-electron chi connectivity index (χ3n) is 4.73. The molecule has 1 saturated heterocycles. The number of nitrogens with one attached hydrogen (secondary N) is 1. The number of para-hydroxylation sites is 1. The first-order chi connectivity index (χ1) is 13.0. The monoisotopic (exact) mass is 357 g/mol. The van der Waals surface area contributed by atoms with Crippen molar-refractivity contribution in [2.45, 2.75) is 13.8 Å². The Morgan fingerprint density at radius 3 is 2.37 bits per heavy atom. The van der Waals surface area contributed by atoms with E-state index in [0.717, 1.165) is 16.3 Å². The lowest BCUT2D eigenvalue weighted by atomic mass is 10.1. The molecule has 27 heavy (non-hydrogen) atoms. The van der Waals surface area contributed by atoms with Gasteiger partial charge in [-0.1, -0.05) is 24.3 Å². The highest BCUT2D eigenvalue weighted by atomic mass is 16.2. The highest BCUT2D eigenvalue weighted by Crippen LogP contribution is 2.23. The molecule has 1 aromatic heterocycles. The Bertz CT molecular complexity index is 1060. The van der Waals surface area contributed by atoms with Crippen LogP contribution < -0.4 is 10.2 Å². The predicted octanol–water partition coefficient (Wildman–Crippen LogP) is 4.19. The van der Waals surface area contributed by atoms with Crippen LogP contribution in [0.25, 0.3) is 11.8 Å². The molecule has 2 aromatic carbocycles. The second-order valence-electron chi connectivity index (χ2n) is 6.54. The Morgan fingerprint density at radius 2 is 1.63 bits per heavy atom. The van der Waals surface area contributed by atoms with E-state index in [-0.39, 0.29) is 11.6 Å². The largest absolute Gasteiger partial charge is 0.333 e. The van der Waals surface area contributed by atoms with Gasteiger partial charge in [-0.15, -0.1) is 0 Å². The molecule has 1 aliphatic heterocycles. The molecule has 5 heteroatoms. The van der Waals surface area contributed by atoms with Crippen LogP contribution in [0.15, 0.2) is 72.6 Å². The Kier molecular flexibility index (Phi) is 4.12. The van der Waals surface area contributed by atoms with Crippen LogP contribution in [-0.4, -0.2) is 16.5 Å². The summed E-state index contributed by atoms with van der Waals surface area (Å²) in [6.07, 6.45) is 3.64. The third kappa shape index (κ3) is 3.04. The summed E-state index contributed by atoms with van der Waals surface area (Å²) in [6, 6.07) is 18.5. The Hall–Kier alpha value is -3.60. The molecule has 0 atom stereocenters. The smallest absolute Gasteiger partial charge is 0.317 e. The van der Waals surface area contributed by atoms with Gasteiger partial charge in [0.15, 0.2) is 0 Å². The van der Waals surface area contributed by atoms with Crippen molar-refractivity contribution < 1.29 is 9.59 Å². The number of carbonyl (C=O) groups excluding carboxylic acids is 2. The van der Waals surface area contributed by atoms with Crippen molar-refractivity contribution in [2.75, 3.05) is 4.90 Å². The summed E-state index contributed by atoms with van der Waals surface area (Å²) in [7, 11) is 0. The Labute approximate surface area is 157 Å². The van der Waals surface area contributed by atoms with Crippen LogP contribution in [0.4, 0.5) is 10.5 Å². The molecule has 2 heterocycles. The van der Waals surface area contributed by atoms with E-state index in [1.807, 2.05) is 35.0 Å². The van der Waals surface area contributed by atoms with Gasteiger partial charge in [0.05, 0.1) is 5.69 Å². The molecule has 1 fully saturated rings. The van der Waals surface area contributed by atoms with Gasteiger partial charge in [0, 0.05) is 17.6 Å². The van der Waals surface area contributed by atoms with Gasteiger partial charge >= 0.3 is 6.03 Å². The average molecular weight is 357 g/mol. The maximum Gasteiger partial charge on any atom is 0.333 e. The number of hydrogen-bond donors (Lipinski definition) is 1. The standard InChI is InChI=1S/C22H19N3O2/c1-15-10-11-19(13-16(15)2)24-12-6-9-18(24)14-20-21(26)25(22(27)23-20)17-7-4-3-5-8-17/h3-14H,1-2H3,(H,23,27)/b20-14+. The predicted molar refractivity (Wildman–Crippen MR) is 106 cm³/mol. The molecular formula is C22H19N3O2.